The quantitative estimate of drug-likeness (QED) is 0.142. The number of rotatable bonds is 7. The van der Waals surface area contributed by atoms with Crippen molar-refractivity contribution in [2.24, 2.45) is 10.3 Å². The molecule has 0 bridgehead atoms. The summed E-state index contributed by atoms with van der Waals surface area (Å²) < 4.78 is 40.3. The van der Waals surface area contributed by atoms with E-state index < -0.39 is 51.9 Å². The molecule has 1 aliphatic rings. The molecule has 0 fully saturated rings. The fourth-order valence-corrected chi connectivity index (χ4v) is 5.71. The summed E-state index contributed by atoms with van der Waals surface area (Å²) in [5.41, 5.74) is -1.46. The number of hydrogen-bond acceptors (Lipinski definition) is 10. The van der Waals surface area contributed by atoms with Gasteiger partial charge in [-0.15, -0.1) is 0 Å². The number of urea groups is 1. The number of carbonyl (C=O) groups is 4. The van der Waals surface area contributed by atoms with E-state index in [2.05, 4.69) is 20.4 Å². The van der Waals surface area contributed by atoms with E-state index in [1.807, 2.05) is 0 Å². The van der Waals surface area contributed by atoms with E-state index in [0.29, 0.717) is 5.56 Å². The minimum absolute atomic E-state index is 0.00767. The summed E-state index contributed by atoms with van der Waals surface area (Å²) in [5.74, 6) is -2.28. The molecule has 1 aliphatic heterocycles. The zero-order valence-electron chi connectivity index (χ0n) is 27.6. The van der Waals surface area contributed by atoms with Crippen LogP contribution in [0.15, 0.2) is 58.8 Å². The highest BCUT2D eigenvalue weighted by molar-refractivity contribution is 8.15. The van der Waals surface area contributed by atoms with Crippen molar-refractivity contribution in [3.8, 4) is 0 Å². The number of nitrogens with one attached hydrogen (secondary N) is 1. The molecule has 0 spiro atoms. The van der Waals surface area contributed by atoms with Crippen molar-refractivity contribution in [1.82, 2.24) is 15.2 Å². The molecule has 0 aromatic heterocycles. The Morgan fingerprint density at radius 3 is 2.11 bits per heavy atom. The van der Waals surface area contributed by atoms with Gasteiger partial charge in [-0.1, -0.05) is 47.2 Å². The van der Waals surface area contributed by atoms with Crippen molar-refractivity contribution in [3.05, 3.63) is 71.3 Å². The number of carbonyl (C=O) groups excluding carboxylic acids is 4. The van der Waals surface area contributed by atoms with Crippen LogP contribution in [0.5, 0.6) is 0 Å². The van der Waals surface area contributed by atoms with Crippen LogP contribution in [0.1, 0.15) is 79.4 Å². The number of benzene rings is 2. The van der Waals surface area contributed by atoms with E-state index in [9.17, 15) is 23.6 Å². The number of amidine groups is 1. The molecule has 47 heavy (non-hydrogen) atoms. The topological polar surface area (TPSA) is 139 Å². The van der Waals surface area contributed by atoms with Crippen LogP contribution in [0.2, 0.25) is 0 Å². The Morgan fingerprint density at radius 1 is 0.957 bits per heavy atom. The van der Waals surface area contributed by atoms with E-state index in [-0.39, 0.29) is 35.8 Å². The second kappa shape index (κ2) is 14.9. The predicted octanol–water partition coefficient (Wildman–Crippen LogP) is 7.09. The number of nitrogens with zero attached hydrogens (tertiary/aromatic N) is 4. The lowest BCUT2D eigenvalue weighted by Crippen LogP contribution is -2.48. The first-order valence-electron chi connectivity index (χ1n) is 14.7. The van der Waals surface area contributed by atoms with Crippen LogP contribution in [0.25, 0.3) is 0 Å². The first kappa shape index (κ1) is 36.9. The van der Waals surface area contributed by atoms with E-state index in [1.165, 1.54) is 6.92 Å². The highest BCUT2D eigenvalue weighted by Gasteiger charge is 2.49. The van der Waals surface area contributed by atoms with Crippen molar-refractivity contribution < 1.29 is 42.3 Å². The molecular weight excluding hydrogens is 636 g/mol. The van der Waals surface area contributed by atoms with Gasteiger partial charge in [0.1, 0.15) is 38.6 Å². The zero-order chi connectivity index (χ0) is 35.2. The summed E-state index contributed by atoms with van der Waals surface area (Å²) in [5, 5.41) is 11.6. The molecule has 1 heterocycles. The number of ether oxygens (including phenoxy) is 2. The van der Waals surface area contributed by atoms with Gasteiger partial charge in [0.05, 0.1) is 0 Å². The molecule has 0 saturated heterocycles. The maximum Gasteiger partial charge on any atom is 0.419 e. The molecule has 3 rings (SSSR count). The molecule has 12 nitrogen and oxygen atoms in total. The summed E-state index contributed by atoms with van der Waals surface area (Å²) in [6.07, 6.45) is -1.73. The third-order valence-electron chi connectivity index (χ3n) is 6.10. The number of halogens is 2. The lowest BCUT2D eigenvalue weighted by molar-refractivity contribution is -0.141. The molecule has 1 atom stereocenters. The Morgan fingerprint density at radius 2 is 1.55 bits per heavy atom. The SMILES string of the molecule is CC(=O)ON=C(C)NC(=O)N1N=C(c2cc(F)ccc2F)SC1(CCCN(C(=O)OC(C)(C)C)C(=O)OC(C)(C)C)c1ccccc1. The number of hydrazone groups is 1. The lowest BCUT2D eigenvalue weighted by Gasteiger charge is -2.36. The maximum absolute atomic E-state index is 15.0. The number of hydrogen-bond donors (Lipinski definition) is 1. The molecule has 1 N–H and O–H groups in total. The van der Waals surface area contributed by atoms with Crippen LogP contribution >= 0.6 is 11.8 Å². The van der Waals surface area contributed by atoms with E-state index in [4.69, 9.17) is 9.47 Å². The zero-order valence-corrected chi connectivity index (χ0v) is 28.4. The van der Waals surface area contributed by atoms with Crippen LogP contribution in [0, 0.1) is 11.6 Å². The van der Waals surface area contributed by atoms with Crippen LogP contribution < -0.4 is 5.32 Å². The summed E-state index contributed by atoms with van der Waals surface area (Å²) in [7, 11) is 0. The molecule has 15 heteroatoms. The Labute approximate surface area is 276 Å². The van der Waals surface area contributed by atoms with Crippen LogP contribution in [-0.4, -0.2) is 62.7 Å². The van der Waals surface area contributed by atoms with Gasteiger partial charge in [0.15, 0.2) is 0 Å². The fraction of sp³-hybridized carbons (Fsp3) is 0.438. The molecule has 1 unspecified atom stereocenters. The van der Waals surface area contributed by atoms with Gasteiger partial charge in [0.25, 0.3) is 0 Å². The summed E-state index contributed by atoms with van der Waals surface area (Å²) in [6.45, 7) is 12.3. The van der Waals surface area contributed by atoms with Gasteiger partial charge in [-0.3, -0.25) is 5.32 Å². The highest BCUT2D eigenvalue weighted by Crippen LogP contribution is 2.50. The molecule has 0 radical (unpaired) electrons. The van der Waals surface area contributed by atoms with Crippen LogP contribution in [0.4, 0.5) is 23.2 Å². The van der Waals surface area contributed by atoms with Crippen LogP contribution in [0.3, 0.4) is 0 Å². The van der Waals surface area contributed by atoms with E-state index in [1.54, 1.807) is 71.9 Å². The molecular formula is C32H39F2N5O7S. The maximum atomic E-state index is 15.0. The molecule has 0 aliphatic carbocycles. The number of thioether (sulfide) groups is 1. The Hall–Kier alpha value is -4.53. The van der Waals surface area contributed by atoms with Gasteiger partial charge in [0, 0.05) is 19.0 Å². The van der Waals surface area contributed by atoms with E-state index in [0.717, 1.165) is 46.8 Å². The summed E-state index contributed by atoms with van der Waals surface area (Å²) in [6, 6.07) is 10.7. The third kappa shape index (κ3) is 10.2. The minimum atomic E-state index is -1.41. The largest absolute Gasteiger partial charge is 0.443 e. The summed E-state index contributed by atoms with van der Waals surface area (Å²) >= 11 is 0.990. The third-order valence-corrected chi connectivity index (χ3v) is 7.54. The second-order valence-electron chi connectivity index (χ2n) is 12.5. The van der Waals surface area contributed by atoms with Crippen molar-refractivity contribution in [1.29, 1.82) is 0 Å². The van der Waals surface area contributed by atoms with Gasteiger partial charge >= 0.3 is 24.2 Å². The first-order valence-corrected chi connectivity index (χ1v) is 15.5. The number of imide groups is 1. The predicted molar refractivity (Wildman–Crippen MR) is 172 cm³/mol. The Bertz CT molecular complexity index is 1530. The average Bonchev–Trinajstić information content (AvgIpc) is 3.34. The van der Waals surface area contributed by atoms with Crippen LogP contribution in [-0.2, 0) is 24.0 Å². The van der Waals surface area contributed by atoms with Gasteiger partial charge < -0.3 is 14.3 Å². The Balaban J connectivity index is 2.07. The van der Waals surface area contributed by atoms with Crippen molar-refractivity contribution in [3.63, 3.8) is 0 Å². The van der Waals surface area contributed by atoms with Gasteiger partial charge in [-0.2, -0.15) is 10.1 Å². The Kier molecular flexibility index (Phi) is 11.7. The lowest BCUT2D eigenvalue weighted by atomic mass is 10.00. The van der Waals surface area contributed by atoms with Gasteiger partial charge in [0.2, 0.25) is 0 Å². The standard InChI is InChI=1S/C32H39F2N5O7S/c1-20(37-46-21(2)40)35-27(41)39-32(22-13-10-9-11-14-22,47-26(36-39)24-19-23(33)15-16-25(24)34)17-12-18-38(28(42)44-30(3,4)5)29(43)45-31(6,7)8/h9-11,13-16,19H,12,17-18H2,1-8H3,(H,35,37,41). The smallest absolute Gasteiger partial charge is 0.419 e. The fourth-order valence-electron chi connectivity index (χ4n) is 4.29. The van der Waals surface area contributed by atoms with Crippen molar-refractivity contribution in [2.75, 3.05) is 6.54 Å². The summed E-state index contributed by atoms with van der Waals surface area (Å²) in [4.78, 5) is 55.4. The van der Waals surface area contributed by atoms with E-state index >= 15 is 4.39 Å². The molecule has 254 valence electrons. The van der Waals surface area contributed by atoms with Crippen molar-refractivity contribution in [2.45, 2.75) is 84.3 Å². The normalized spacial score (nSPS) is 16.7. The molecule has 4 amide bonds. The minimum Gasteiger partial charge on any atom is -0.443 e. The molecule has 0 saturated carbocycles. The number of oxime groups is 1. The molecule has 2 aromatic carbocycles. The monoisotopic (exact) mass is 675 g/mol. The molecule has 2 aromatic rings. The first-order chi connectivity index (χ1) is 21.8. The number of amides is 4. The van der Waals surface area contributed by atoms with Gasteiger partial charge in [-0.05, 0) is 85.1 Å². The highest BCUT2D eigenvalue weighted by atomic mass is 32.2. The van der Waals surface area contributed by atoms with Crippen molar-refractivity contribution >= 4 is 46.8 Å². The second-order valence-corrected chi connectivity index (χ2v) is 13.8. The van der Waals surface area contributed by atoms with Gasteiger partial charge in [-0.25, -0.2) is 32.9 Å². The average molecular weight is 676 g/mol.